The molecule has 1 unspecified atom stereocenters. The average molecular weight is 273 g/mol. The fourth-order valence-corrected chi connectivity index (χ4v) is 2.90. The van der Waals surface area contributed by atoms with Crippen molar-refractivity contribution >= 4 is 10.0 Å². The second-order valence-corrected chi connectivity index (χ2v) is 5.63. The van der Waals surface area contributed by atoms with Crippen molar-refractivity contribution in [3.8, 4) is 5.75 Å². The number of ether oxygens (including phenoxy) is 1. The molecule has 6 heteroatoms. The molecule has 0 amide bonds. The molecule has 18 heavy (non-hydrogen) atoms. The van der Waals surface area contributed by atoms with E-state index in [0.717, 1.165) is 0 Å². The summed E-state index contributed by atoms with van der Waals surface area (Å²) < 4.78 is 31.6. The van der Waals surface area contributed by atoms with Gasteiger partial charge >= 0.3 is 0 Å². The molecule has 0 heterocycles. The topological polar surface area (TPSA) is 75.6 Å². The summed E-state index contributed by atoms with van der Waals surface area (Å²) in [6, 6.07) is 5.94. The van der Waals surface area contributed by atoms with E-state index < -0.39 is 10.0 Å². The molecule has 0 spiro atoms. The van der Waals surface area contributed by atoms with Gasteiger partial charge in [0, 0.05) is 12.6 Å². The highest BCUT2D eigenvalue weighted by Crippen LogP contribution is 2.16. The Bertz CT molecular complexity index is 455. The van der Waals surface area contributed by atoms with Crippen LogP contribution in [0.2, 0.25) is 0 Å². The van der Waals surface area contributed by atoms with Crippen LogP contribution < -0.4 is 9.46 Å². The molecule has 0 saturated carbocycles. The lowest BCUT2D eigenvalue weighted by Crippen LogP contribution is -2.35. The van der Waals surface area contributed by atoms with Gasteiger partial charge in [0.05, 0.1) is 12.0 Å². The fraction of sp³-hybridized carbons (Fsp3) is 0.500. The summed E-state index contributed by atoms with van der Waals surface area (Å²) >= 11 is 0. The summed E-state index contributed by atoms with van der Waals surface area (Å²) in [7, 11) is -2.01. The monoisotopic (exact) mass is 273 g/mol. The Morgan fingerprint density at radius 1 is 1.33 bits per heavy atom. The lowest BCUT2D eigenvalue weighted by molar-refractivity contribution is 0.270. The predicted molar refractivity (Wildman–Crippen MR) is 69.1 cm³/mol. The van der Waals surface area contributed by atoms with Gasteiger partial charge in [0.15, 0.2) is 0 Å². The minimum atomic E-state index is -3.54. The summed E-state index contributed by atoms with van der Waals surface area (Å²) in [4.78, 5) is 0.194. The Kier molecular flexibility index (Phi) is 5.58. The zero-order valence-corrected chi connectivity index (χ0v) is 11.4. The van der Waals surface area contributed by atoms with Crippen molar-refractivity contribution in [1.29, 1.82) is 0 Å². The van der Waals surface area contributed by atoms with Crippen molar-refractivity contribution in [3.63, 3.8) is 0 Å². The second-order valence-electron chi connectivity index (χ2n) is 3.91. The Morgan fingerprint density at radius 3 is 2.39 bits per heavy atom. The Labute approximate surface area is 108 Å². The molecule has 0 aromatic heterocycles. The van der Waals surface area contributed by atoms with Crippen molar-refractivity contribution < 1.29 is 18.3 Å². The number of methoxy groups -OCH3 is 1. The minimum Gasteiger partial charge on any atom is -0.497 e. The maximum Gasteiger partial charge on any atom is 0.240 e. The van der Waals surface area contributed by atoms with Gasteiger partial charge in [-0.15, -0.1) is 0 Å². The Hall–Kier alpha value is -1.11. The van der Waals surface area contributed by atoms with Gasteiger partial charge in [0.25, 0.3) is 0 Å². The van der Waals surface area contributed by atoms with E-state index in [-0.39, 0.29) is 17.5 Å². The van der Waals surface area contributed by atoms with E-state index in [1.807, 2.05) is 6.92 Å². The van der Waals surface area contributed by atoms with Crippen LogP contribution in [0.3, 0.4) is 0 Å². The Balaban J connectivity index is 2.84. The fourth-order valence-electron chi connectivity index (χ4n) is 1.54. The molecule has 0 saturated heterocycles. The minimum absolute atomic E-state index is 0.0381. The number of aliphatic hydroxyl groups excluding tert-OH is 1. The van der Waals surface area contributed by atoms with E-state index in [9.17, 15) is 8.42 Å². The maximum atomic E-state index is 12.0. The van der Waals surface area contributed by atoms with E-state index in [1.54, 1.807) is 12.1 Å². The first-order valence-corrected chi connectivity index (χ1v) is 7.29. The number of nitrogens with one attached hydrogen (secondary N) is 1. The maximum absolute atomic E-state index is 12.0. The van der Waals surface area contributed by atoms with Crippen LogP contribution in [0.5, 0.6) is 5.75 Å². The largest absolute Gasteiger partial charge is 0.497 e. The lowest BCUT2D eigenvalue weighted by Gasteiger charge is -2.16. The number of hydrogen-bond acceptors (Lipinski definition) is 4. The summed E-state index contributed by atoms with van der Waals surface area (Å²) in [5.41, 5.74) is 0. The van der Waals surface area contributed by atoms with Gasteiger partial charge in [-0.05, 0) is 37.1 Å². The molecule has 0 radical (unpaired) electrons. The summed E-state index contributed by atoms with van der Waals surface area (Å²) in [6.45, 7) is 1.83. The molecule has 0 aliphatic heterocycles. The zero-order valence-electron chi connectivity index (χ0n) is 10.6. The van der Waals surface area contributed by atoms with E-state index >= 15 is 0 Å². The molecular weight excluding hydrogens is 254 g/mol. The molecule has 0 fully saturated rings. The van der Waals surface area contributed by atoms with Crippen LogP contribution in [-0.2, 0) is 10.0 Å². The van der Waals surface area contributed by atoms with Crippen molar-refractivity contribution in [2.75, 3.05) is 13.7 Å². The normalized spacial score (nSPS) is 13.3. The van der Waals surface area contributed by atoms with Crippen LogP contribution in [0.4, 0.5) is 0 Å². The van der Waals surface area contributed by atoms with Crippen LogP contribution in [0.1, 0.15) is 19.8 Å². The van der Waals surface area contributed by atoms with Gasteiger partial charge < -0.3 is 9.84 Å². The molecule has 0 aliphatic rings. The molecule has 102 valence electrons. The molecule has 1 aromatic rings. The van der Waals surface area contributed by atoms with Crippen LogP contribution in [0.25, 0.3) is 0 Å². The highest BCUT2D eigenvalue weighted by Gasteiger charge is 2.18. The van der Waals surface area contributed by atoms with E-state index in [4.69, 9.17) is 9.84 Å². The van der Waals surface area contributed by atoms with Gasteiger partial charge in [-0.1, -0.05) is 6.92 Å². The molecule has 1 atom stereocenters. The number of benzene rings is 1. The average Bonchev–Trinajstić information content (AvgIpc) is 2.38. The quantitative estimate of drug-likeness (QED) is 0.781. The third kappa shape index (κ3) is 3.97. The number of rotatable bonds is 7. The first-order valence-electron chi connectivity index (χ1n) is 5.80. The summed E-state index contributed by atoms with van der Waals surface area (Å²) in [6.07, 6.45) is 1.04. The van der Waals surface area contributed by atoms with Crippen LogP contribution in [0.15, 0.2) is 29.2 Å². The predicted octanol–water partition coefficient (Wildman–Crippen LogP) is 1.13. The van der Waals surface area contributed by atoms with Crippen molar-refractivity contribution in [1.82, 2.24) is 4.72 Å². The number of aliphatic hydroxyl groups is 1. The van der Waals surface area contributed by atoms with Gasteiger partial charge in [-0.2, -0.15) is 0 Å². The SMILES string of the molecule is CCC(CCO)NS(=O)(=O)c1ccc(OC)cc1. The molecule has 0 bridgehead atoms. The molecule has 1 rings (SSSR count). The van der Waals surface area contributed by atoms with Gasteiger partial charge in [0.1, 0.15) is 5.75 Å². The molecular formula is C12H19NO4S. The van der Waals surface area contributed by atoms with E-state index in [2.05, 4.69) is 4.72 Å². The highest BCUT2D eigenvalue weighted by atomic mass is 32.2. The number of hydrogen-bond donors (Lipinski definition) is 2. The Morgan fingerprint density at radius 2 is 1.94 bits per heavy atom. The molecule has 1 aromatic carbocycles. The highest BCUT2D eigenvalue weighted by molar-refractivity contribution is 7.89. The van der Waals surface area contributed by atoms with Crippen LogP contribution >= 0.6 is 0 Å². The van der Waals surface area contributed by atoms with Crippen molar-refractivity contribution in [3.05, 3.63) is 24.3 Å². The zero-order chi connectivity index (χ0) is 13.6. The third-order valence-electron chi connectivity index (χ3n) is 2.66. The summed E-state index contributed by atoms with van der Waals surface area (Å²) in [5, 5.41) is 8.85. The third-order valence-corrected chi connectivity index (χ3v) is 4.20. The number of sulfonamides is 1. The second kappa shape index (κ2) is 6.72. The molecule has 5 nitrogen and oxygen atoms in total. The van der Waals surface area contributed by atoms with Gasteiger partial charge in [0.2, 0.25) is 10.0 Å². The van der Waals surface area contributed by atoms with E-state index in [0.29, 0.717) is 18.6 Å². The molecule has 2 N–H and O–H groups in total. The van der Waals surface area contributed by atoms with Crippen molar-refractivity contribution in [2.45, 2.75) is 30.7 Å². The smallest absolute Gasteiger partial charge is 0.240 e. The van der Waals surface area contributed by atoms with Crippen LogP contribution in [-0.4, -0.2) is 33.3 Å². The van der Waals surface area contributed by atoms with Gasteiger partial charge in [-0.25, -0.2) is 13.1 Å². The molecule has 0 aliphatic carbocycles. The van der Waals surface area contributed by atoms with E-state index in [1.165, 1.54) is 19.2 Å². The van der Waals surface area contributed by atoms with Gasteiger partial charge in [-0.3, -0.25) is 0 Å². The van der Waals surface area contributed by atoms with Crippen LogP contribution in [0, 0.1) is 0 Å². The first kappa shape index (κ1) is 14.9. The summed E-state index contributed by atoms with van der Waals surface area (Å²) in [5.74, 6) is 0.608. The standard InChI is InChI=1S/C12H19NO4S/c1-3-10(8-9-14)13-18(15,16)12-6-4-11(17-2)5-7-12/h4-7,10,13-14H,3,8-9H2,1-2H3. The first-order chi connectivity index (χ1) is 8.53. The lowest BCUT2D eigenvalue weighted by atomic mass is 10.2. The van der Waals surface area contributed by atoms with Crippen molar-refractivity contribution in [2.24, 2.45) is 0 Å².